The van der Waals surface area contributed by atoms with Crippen molar-refractivity contribution in [3.05, 3.63) is 35.4 Å². The zero-order valence-electron chi connectivity index (χ0n) is 21.9. The van der Waals surface area contributed by atoms with Crippen molar-refractivity contribution in [2.45, 2.75) is 108 Å². The summed E-state index contributed by atoms with van der Waals surface area (Å²) in [5, 5.41) is 0. The molecule has 0 saturated heterocycles. The zero-order chi connectivity index (χ0) is 29.5. The summed E-state index contributed by atoms with van der Waals surface area (Å²) in [6.07, 6.45) is 8.37. The molecule has 0 aliphatic carbocycles. The number of halogens is 8. The van der Waals surface area contributed by atoms with Gasteiger partial charge in [0.05, 0.1) is 17.7 Å². The molecule has 0 saturated carbocycles. The highest BCUT2D eigenvalue weighted by Gasteiger charge is 2.75. The number of ether oxygens (including phenoxy) is 2. The van der Waals surface area contributed by atoms with Crippen LogP contribution in [0.2, 0.25) is 0 Å². The second kappa shape index (κ2) is 16.6. The van der Waals surface area contributed by atoms with E-state index in [0.29, 0.717) is 6.42 Å². The van der Waals surface area contributed by atoms with Crippen LogP contribution in [0.3, 0.4) is 0 Å². The Morgan fingerprint density at radius 1 is 0.718 bits per heavy atom. The Bertz CT molecular complexity index is 877. The van der Waals surface area contributed by atoms with Gasteiger partial charge in [0.25, 0.3) is 0 Å². The van der Waals surface area contributed by atoms with Gasteiger partial charge in [0.1, 0.15) is 0 Å². The first-order chi connectivity index (χ1) is 18.3. The molecule has 0 aliphatic rings. The van der Waals surface area contributed by atoms with Crippen LogP contribution < -0.4 is 0 Å². The van der Waals surface area contributed by atoms with E-state index in [2.05, 4.69) is 11.7 Å². The van der Waals surface area contributed by atoms with Gasteiger partial charge in [-0.1, -0.05) is 83.6 Å². The van der Waals surface area contributed by atoms with Crippen LogP contribution in [0.1, 0.15) is 105 Å². The summed E-state index contributed by atoms with van der Waals surface area (Å²) in [7, 11) is 0. The lowest BCUT2D eigenvalue weighted by atomic mass is 10.1. The van der Waals surface area contributed by atoms with Gasteiger partial charge in [0.15, 0.2) is 6.61 Å². The van der Waals surface area contributed by atoms with Gasteiger partial charge in [0, 0.05) is 0 Å². The predicted octanol–water partition coefficient (Wildman–Crippen LogP) is 8.87. The normalized spacial score (nSPS) is 12.6. The molecule has 1 aromatic carbocycles. The Hall–Kier alpha value is -2.40. The number of rotatable bonds is 20. The summed E-state index contributed by atoms with van der Waals surface area (Å²) < 4.78 is 113. The molecule has 0 aromatic heterocycles. The van der Waals surface area contributed by atoms with Crippen molar-refractivity contribution in [1.82, 2.24) is 0 Å². The minimum Gasteiger partial charge on any atom is -0.462 e. The number of carbonyl (C=O) groups is 2. The Morgan fingerprint density at radius 3 is 1.62 bits per heavy atom. The average Bonchev–Trinajstić information content (AvgIpc) is 2.89. The van der Waals surface area contributed by atoms with Crippen LogP contribution in [0.25, 0.3) is 0 Å². The first-order valence-electron chi connectivity index (χ1n) is 13.1. The topological polar surface area (TPSA) is 52.6 Å². The fourth-order valence-corrected chi connectivity index (χ4v) is 3.68. The molecule has 0 radical (unpaired) electrons. The summed E-state index contributed by atoms with van der Waals surface area (Å²) in [5.74, 6) is -21.1. The molecule has 4 nitrogen and oxygen atoms in total. The second-order valence-electron chi connectivity index (χ2n) is 9.38. The summed E-state index contributed by atoms with van der Waals surface area (Å²) in [4.78, 5) is 24.2. The quantitative estimate of drug-likeness (QED) is 0.0884. The van der Waals surface area contributed by atoms with Crippen LogP contribution in [-0.2, 0) is 9.47 Å². The molecule has 0 atom stereocenters. The molecule has 0 fully saturated rings. The Balaban J connectivity index is 2.41. The van der Waals surface area contributed by atoms with Crippen LogP contribution in [0.5, 0.6) is 0 Å². The third-order valence-corrected chi connectivity index (χ3v) is 6.10. The third-order valence-electron chi connectivity index (χ3n) is 6.10. The molecular formula is C27H36F8O4. The molecule has 1 aromatic rings. The first-order valence-corrected chi connectivity index (χ1v) is 13.1. The van der Waals surface area contributed by atoms with Crippen molar-refractivity contribution in [3.63, 3.8) is 0 Å². The molecule has 12 heteroatoms. The molecule has 0 heterocycles. The van der Waals surface area contributed by atoms with E-state index in [0.717, 1.165) is 43.9 Å². The van der Waals surface area contributed by atoms with Gasteiger partial charge < -0.3 is 9.47 Å². The highest BCUT2D eigenvalue weighted by molar-refractivity contribution is 5.95. The second-order valence-corrected chi connectivity index (χ2v) is 9.38. The smallest absolute Gasteiger partial charge is 0.381 e. The molecule has 39 heavy (non-hydrogen) atoms. The molecule has 224 valence electrons. The van der Waals surface area contributed by atoms with Crippen molar-refractivity contribution in [1.29, 1.82) is 0 Å². The largest absolute Gasteiger partial charge is 0.462 e. The van der Waals surface area contributed by atoms with E-state index in [-0.39, 0.29) is 12.2 Å². The highest BCUT2D eigenvalue weighted by Crippen LogP contribution is 2.48. The minimum atomic E-state index is -6.49. The number of carbonyl (C=O) groups excluding carboxylic acids is 2. The van der Waals surface area contributed by atoms with E-state index in [1.165, 1.54) is 51.0 Å². The van der Waals surface area contributed by atoms with Crippen molar-refractivity contribution < 1.29 is 54.2 Å². The standard InChI is InChI=1S/C27H36F8O4/c1-2-3-4-5-6-7-8-9-10-11-12-13-17-38-22(36)20-15-14-16-21(18-20)23(37)39-19-25(30,31)27(34,35)26(32,33)24(28)29/h14-16,18,24H,2-13,17,19H2,1H3. The summed E-state index contributed by atoms with van der Waals surface area (Å²) in [6, 6.07) is 4.29. The third kappa shape index (κ3) is 10.9. The van der Waals surface area contributed by atoms with E-state index in [1.807, 2.05) is 0 Å². The maximum atomic E-state index is 13.6. The zero-order valence-corrected chi connectivity index (χ0v) is 21.9. The van der Waals surface area contributed by atoms with E-state index in [1.54, 1.807) is 0 Å². The molecule has 0 N–H and O–H groups in total. The maximum Gasteiger partial charge on any atom is 0.381 e. The monoisotopic (exact) mass is 576 g/mol. The molecular weight excluding hydrogens is 540 g/mol. The number of hydrogen-bond acceptors (Lipinski definition) is 4. The Morgan fingerprint density at radius 2 is 1.15 bits per heavy atom. The lowest BCUT2D eigenvalue weighted by Crippen LogP contribution is -2.59. The van der Waals surface area contributed by atoms with Gasteiger partial charge in [-0.15, -0.1) is 0 Å². The number of unbranched alkanes of at least 4 members (excludes halogenated alkanes) is 11. The lowest BCUT2D eigenvalue weighted by Gasteiger charge is -2.31. The van der Waals surface area contributed by atoms with Crippen LogP contribution in [-0.4, -0.2) is 49.3 Å². The van der Waals surface area contributed by atoms with E-state index in [9.17, 15) is 44.7 Å². The lowest BCUT2D eigenvalue weighted by molar-refractivity contribution is -0.343. The number of esters is 2. The van der Waals surface area contributed by atoms with Crippen LogP contribution in [0.4, 0.5) is 35.1 Å². The predicted molar refractivity (Wildman–Crippen MR) is 129 cm³/mol. The first kappa shape index (κ1) is 34.6. The van der Waals surface area contributed by atoms with Crippen molar-refractivity contribution >= 4 is 11.9 Å². The molecule has 0 bridgehead atoms. The van der Waals surface area contributed by atoms with Gasteiger partial charge in [-0.3, -0.25) is 0 Å². The SMILES string of the molecule is CCCCCCCCCCCCCCOC(=O)c1cccc(C(=O)OCC(F)(F)C(F)(F)C(F)(F)C(F)F)c1. The number of alkyl halides is 8. The molecule has 0 aliphatic heterocycles. The molecule has 0 unspecified atom stereocenters. The fourth-order valence-electron chi connectivity index (χ4n) is 3.68. The van der Waals surface area contributed by atoms with E-state index < -0.39 is 48.3 Å². The minimum absolute atomic E-state index is 0.102. The summed E-state index contributed by atoms with van der Waals surface area (Å²) >= 11 is 0. The van der Waals surface area contributed by atoms with Gasteiger partial charge in [0.2, 0.25) is 0 Å². The Labute approximate surface area is 223 Å². The van der Waals surface area contributed by atoms with Crippen molar-refractivity contribution in [2.75, 3.05) is 13.2 Å². The van der Waals surface area contributed by atoms with Gasteiger partial charge >= 0.3 is 36.1 Å². The number of benzene rings is 1. The van der Waals surface area contributed by atoms with Crippen LogP contribution in [0.15, 0.2) is 24.3 Å². The summed E-state index contributed by atoms with van der Waals surface area (Å²) in [6.45, 7) is -0.302. The van der Waals surface area contributed by atoms with Crippen molar-refractivity contribution in [3.8, 4) is 0 Å². The fraction of sp³-hybridized carbons (Fsp3) is 0.704. The Kier molecular flexibility index (Phi) is 14.8. The van der Waals surface area contributed by atoms with E-state index >= 15 is 0 Å². The number of hydrogen-bond donors (Lipinski definition) is 0. The van der Waals surface area contributed by atoms with E-state index in [4.69, 9.17) is 4.74 Å². The van der Waals surface area contributed by atoms with Crippen LogP contribution >= 0.6 is 0 Å². The maximum absolute atomic E-state index is 13.6. The van der Waals surface area contributed by atoms with Gasteiger partial charge in [-0.25, -0.2) is 18.4 Å². The van der Waals surface area contributed by atoms with Gasteiger partial charge in [-0.05, 0) is 24.6 Å². The average molecular weight is 577 g/mol. The summed E-state index contributed by atoms with van der Waals surface area (Å²) in [5.41, 5.74) is -0.695. The van der Waals surface area contributed by atoms with Gasteiger partial charge in [-0.2, -0.15) is 26.3 Å². The molecule has 1 rings (SSSR count). The highest BCUT2D eigenvalue weighted by atomic mass is 19.4. The molecule has 0 amide bonds. The molecule has 0 spiro atoms. The van der Waals surface area contributed by atoms with Crippen molar-refractivity contribution in [2.24, 2.45) is 0 Å². The van der Waals surface area contributed by atoms with Crippen LogP contribution in [0, 0.1) is 0 Å².